The van der Waals surface area contributed by atoms with Crippen LogP contribution in [0.15, 0.2) is 30.5 Å². The number of rotatable bonds is 3. The van der Waals surface area contributed by atoms with Gasteiger partial charge in [0.05, 0.1) is 18.3 Å². The van der Waals surface area contributed by atoms with E-state index in [-0.39, 0.29) is 12.0 Å². The smallest absolute Gasteiger partial charge is 0.254 e. The Morgan fingerprint density at radius 3 is 3.00 bits per heavy atom. The number of hydrogen-bond donors (Lipinski definition) is 1. The van der Waals surface area contributed by atoms with Crippen LogP contribution in [-0.2, 0) is 13.5 Å². The van der Waals surface area contributed by atoms with Crippen LogP contribution in [0, 0.1) is 6.92 Å². The van der Waals surface area contributed by atoms with Gasteiger partial charge in [0.25, 0.3) is 5.91 Å². The van der Waals surface area contributed by atoms with Gasteiger partial charge in [-0.25, -0.2) is 0 Å². The third-order valence-corrected chi connectivity index (χ3v) is 3.68. The van der Waals surface area contributed by atoms with Crippen LogP contribution in [0.5, 0.6) is 5.75 Å². The van der Waals surface area contributed by atoms with Crippen LogP contribution in [0.25, 0.3) is 0 Å². The Bertz CT molecular complexity index is 623. The summed E-state index contributed by atoms with van der Waals surface area (Å²) < 4.78 is 7.48. The second-order valence-corrected chi connectivity index (χ2v) is 5.03. The Morgan fingerprint density at radius 2 is 2.30 bits per heavy atom. The summed E-state index contributed by atoms with van der Waals surface area (Å²) in [5, 5.41) is 6.99. The van der Waals surface area contributed by atoms with Crippen molar-refractivity contribution in [2.24, 2.45) is 7.05 Å². The number of amides is 1. The summed E-state index contributed by atoms with van der Waals surface area (Å²) in [6.45, 7) is 2.38. The molecule has 1 amide bonds. The molecule has 0 unspecified atom stereocenters. The van der Waals surface area contributed by atoms with Gasteiger partial charge < -0.3 is 10.1 Å². The number of carbonyl (C=O) groups excluding carboxylic acids is 1. The molecule has 1 N–H and O–H groups in total. The molecule has 0 fully saturated rings. The van der Waals surface area contributed by atoms with E-state index in [1.54, 1.807) is 10.9 Å². The highest BCUT2D eigenvalue weighted by Gasteiger charge is 2.23. The quantitative estimate of drug-likeness (QED) is 0.919. The second kappa shape index (κ2) is 5.00. The Morgan fingerprint density at radius 1 is 1.50 bits per heavy atom. The monoisotopic (exact) mass is 271 g/mol. The van der Waals surface area contributed by atoms with Gasteiger partial charge in [0.15, 0.2) is 0 Å². The van der Waals surface area contributed by atoms with Crippen molar-refractivity contribution in [3.05, 3.63) is 47.3 Å². The predicted octanol–water partition coefficient (Wildman–Crippen LogP) is 1.46. The van der Waals surface area contributed by atoms with Crippen molar-refractivity contribution in [2.75, 3.05) is 6.54 Å². The highest BCUT2D eigenvalue weighted by molar-refractivity contribution is 5.95. The third-order valence-electron chi connectivity index (χ3n) is 3.68. The number of fused-ring (bicyclic) bond motifs is 1. The Hall–Kier alpha value is -2.30. The zero-order chi connectivity index (χ0) is 14.1. The minimum atomic E-state index is -0.102. The second-order valence-electron chi connectivity index (χ2n) is 5.03. The van der Waals surface area contributed by atoms with E-state index in [0.29, 0.717) is 12.1 Å². The van der Waals surface area contributed by atoms with Crippen molar-refractivity contribution in [3.63, 3.8) is 0 Å². The standard InChI is InChI=1S/C15H17N3O2/c1-10-13(9-17-18(10)2)15(19)16-8-12-7-11-5-3-4-6-14(11)20-12/h3-6,9,12H,7-8H2,1-2H3,(H,16,19)/t12-/m0/s1. The molecule has 0 spiro atoms. The summed E-state index contributed by atoms with van der Waals surface area (Å²) in [6, 6.07) is 7.98. The highest BCUT2D eigenvalue weighted by atomic mass is 16.5. The summed E-state index contributed by atoms with van der Waals surface area (Å²) in [6.07, 6.45) is 2.44. The molecular weight excluding hydrogens is 254 g/mol. The van der Waals surface area contributed by atoms with Gasteiger partial charge in [0, 0.05) is 19.2 Å². The normalized spacial score (nSPS) is 16.6. The third kappa shape index (κ3) is 2.27. The van der Waals surface area contributed by atoms with E-state index in [1.165, 1.54) is 5.56 Å². The highest BCUT2D eigenvalue weighted by Crippen LogP contribution is 2.27. The van der Waals surface area contributed by atoms with Crippen molar-refractivity contribution in [1.82, 2.24) is 15.1 Å². The molecule has 20 heavy (non-hydrogen) atoms. The fourth-order valence-electron chi connectivity index (χ4n) is 2.39. The number of aromatic nitrogens is 2. The summed E-state index contributed by atoms with van der Waals surface area (Å²) in [4.78, 5) is 12.1. The molecule has 3 rings (SSSR count). The number of carbonyl (C=O) groups is 1. The first-order chi connectivity index (χ1) is 9.65. The van der Waals surface area contributed by atoms with E-state index < -0.39 is 0 Å². The van der Waals surface area contributed by atoms with E-state index in [1.807, 2.05) is 32.2 Å². The summed E-state index contributed by atoms with van der Waals surface area (Å²) >= 11 is 0. The lowest BCUT2D eigenvalue weighted by Gasteiger charge is -2.11. The lowest BCUT2D eigenvalue weighted by Crippen LogP contribution is -2.34. The van der Waals surface area contributed by atoms with E-state index in [4.69, 9.17) is 4.74 Å². The van der Waals surface area contributed by atoms with Gasteiger partial charge >= 0.3 is 0 Å². The lowest BCUT2D eigenvalue weighted by atomic mass is 10.1. The first-order valence-electron chi connectivity index (χ1n) is 6.66. The molecular formula is C15H17N3O2. The van der Waals surface area contributed by atoms with Crippen molar-refractivity contribution >= 4 is 5.91 Å². The number of nitrogens with zero attached hydrogens (tertiary/aromatic N) is 2. The van der Waals surface area contributed by atoms with E-state index in [0.717, 1.165) is 17.9 Å². The van der Waals surface area contributed by atoms with Gasteiger partial charge in [-0.1, -0.05) is 18.2 Å². The zero-order valence-electron chi connectivity index (χ0n) is 11.6. The Kier molecular flexibility index (Phi) is 3.18. The molecule has 0 saturated heterocycles. The molecule has 0 aliphatic carbocycles. The number of hydrogen-bond acceptors (Lipinski definition) is 3. The van der Waals surface area contributed by atoms with Crippen LogP contribution < -0.4 is 10.1 Å². The van der Waals surface area contributed by atoms with Crippen LogP contribution in [-0.4, -0.2) is 28.3 Å². The van der Waals surface area contributed by atoms with Gasteiger partial charge in [-0.2, -0.15) is 5.10 Å². The maximum Gasteiger partial charge on any atom is 0.254 e. The van der Waals surface area contributed by atoms with Crippen molar-refractivity contribution in [1.29, 1.82) is 0 Å². The average Bonchev–Trinajstić information content (AvgIpc) is 3.00. The minimum Gasteiger partial charge on any atom is -0.488 e. The molecule has 0 bridgehead atoms. The molecule has 1 atom stereocenters. The molecule has 2 aromatic rings. The van der Waals surface area contributed by atoms with E-state index in [9.17, 15) is 4.79 Å². The van der Waals surface area contributed by atoms with Gasteiger partial charge in [-0.15, -0.1) is 0 Å². The Labute approximate surface area is 117 Å². The largest absolute Gasteiger partial charge is 0.488 e. The molecule has 1 aromatic carbocycles. The summed E-state index contributed by atoms with van der Waals surface area (Å²) in [5.41, 5.74) is 2.67. The fourth-order valence-corrected chi connectivity index (χ4v) is 2.39. The average molecular weight is 271 g/mol. The molecule has 2 heterocycles. The molecule has 1 aliphatic heterocycles. The predicted molar refractivity (Wildman–Crippen MR) is 74.8 cm³/mol. The zero-order valence-corrected chi connectivity index (χ0v) is 11.6. The number of para-hydroxylation sites is 1. The molecule has 1 aromatic heterocycles. The van der Waals surface area contributed by atoms with Crippen LogP contribution >= 0.6 is 0 Å². The summed E-state index contributed by atoms with van der Waals surface area (Å²) in [5.74, 6) is 0.819. The van der Waals surface area contributed by atoms with Crippen LogP contribution in [0.4, 0.5) is 0 Å². The molecule has 5 nitrogen and oxygen atoms in total. The van der Waals surface area contributed by atoms with Crippen LogP contribution in [0.2, 0.25) is 0 Å². The topological polar surface area (TPSA) is 56.1 Å². The maximum atomic E-state index is 12.1. The number of nitrogens with one attached hydrogen (secondary N) is 1. The maximum absolute atomic E-state index is 12.1. The molecule has 0 saturated carbocycles. The molecule has 5 heteroatoms. The number of benzene rings is 1. The first-order valence-corrected chi connectivity index (χ1v) is 6.66. The van der Waals surface area contributed by atoms with Crippen molar-refractivity contribution in [3.8, 4) is 5.75 Å². The SMILES string of the molecule is Cc1c(C(=O)NC[C@@H]2Cc3ccccc3O2)cnn1C. The van der Waals surface area contributed by atoms with Gasteiger partial charge in [0.2, 0.25) is 0 Å². The van der Waals surface area contributed by atoms with Crippen LogP contribution in [0.3, 0.4) is 0 Å². The van der Waals surface area contributed by atoms with E-state index >= 15 is 0 Å². The van der Waals surface area contributed by atoms with Gasteiger partial charge in [-0.3, -0.25) is 9.48 Å². The molecule has 0 radical (unpaired) electrons. The first kappa shape index (κ1) is 12.7. The van der Waals surface area contributed by atoms with E-state index in [2.05, 4.69) is 16.5 Å². The van der Waals surface area contributed by atoms with Crippen molar-refractivity contribution < 1.29 is 9.53 Å². The summed E-state index contributed by atoms with van der Waals surface area (Å²) in [7, 11) is 1.82. The van der Waals surface area contributed by atoms with Crippen molar-refractivity contribution in [2.45, 2.75) is 19.4 Å². The van der Waals surface area contributed by atoms with Crippen LogP contribution in [0.1, 0.15) is 21.6 Å². The number of ether oxygens (including phenoxy) is 1. The minimum absolute atomic E-state index is 0.00771. The molecule has 1 aliphatic rings. The lowest BCUT2D eigenvalue weighted by molar-refractivity contribution is 0.0933. The Balaban J connectivity index is 1.59. The number of aryl methyl sites for hydroxylation is 1. The molecule has 104 valence electrons. The van der Waals surface area contributed by atoms with Gasteiger partial charge in [0.1, 0.15) is 11.9 Å². The fraction of sp³-hybridized carbons (Fsp3) is 0.333. The van der Waals surface area contributed by atoms with Gasteiger partial charge in [-0.05, 0) is 18.6 Å².